The van der Waals surface area contributed by atoms with Gasteiger partial charge in [0.15, 0.2) is 0 Å². The van der Waals surface area contributed by atoms with Gasteiger partial charge in [0, 0.05) is 66.8 Å². The largest absolute Gasteiger partial charge is 0.369 e. The maximum Gasteiger partial charge on any atom is 0.285 e. The van der Waals surface area contributed by atoms with E-state index in [4.69, 9.17) is 0 Å². The molecule has 9 nitrogen and oxygen atoms in total. The van der Waals surface area contributed by atoms with Crippen molar-refractivity contribution in [3.63, 3.8) is 0 Å². The molecule has 0 radical (unpaired) electrons. The van der Waals surface area contributed by atoms with Gasteiger partial charge in [0.25, 0.3) is 10.0 Å². The van der Waals surface area contributed by atoms with Crippen LogP contribution in [-0.4, -0.2) is 65.7 Å². The zero-order chi connectivity index (χ0) is 25.6. The topological polar surface area (TPSA) is 96.2 Å². The molecule has 0 aliphatic carbocycles. The lowest BCUT2D eigenvalue weighted by atomic mass is 10.1. The van der Waals surface area contributed by atoms with Gasteiger partial charge in [0.05, 0.1) is 17.2 Å². The van der Waals surface area contributed by atoms with E-state index in [-0.39, 0.29) is 4.90 Å². The second-order valence-electron chi connectivity index (χ2n) is 9.37. The number of hydrogen-bond acceptors (Lipinski definition) is 8. The van der Waals surface area contributed by atoms with Crippen molar-refractivity contribution >= 4 is 49.0 Å². The summed E-state index contributed by atoms with van der Waals surface area (Å²) in [5.74, 6) is 0.534. The van der Waals surface area contributed by atoms with Crippen molar-refractivity contribution in [2.24, 2.45) is 0 Å². The highest BCUT2D eigenvalue weighted by Gasteiger charge is 2.24. The van der Waals surface area contributed by atoms with Crippen LogP contribution in [0.25, 0.3) is 21.8 Å². The van der Waals surface area contributed by atoms with E-state index in [1.54, 1.807) is 36.7 Å². The third-order valence-corrected chi connectivity index (χ3v) is 8.47. The van der Waals surface area contributed by atoms with Gasteiger partial charge in [0.1, 0.15) is 10.7 Å². The van der Waals surface area contributed by atoms with Crippen molar-refractivity contribution in [1.82, 2.24) is 24.1 Å². The fourth-order valence-electron chi connectivity index (χ4n) is 4.82. The lowest BCUT2D eigenvalue weighted by Gasteiger charge is -2.35. The molecule has 0 unspecified atom stereocenters. The van der Waals surface area contributed by atoms with Crippen LogP contribution >= 0.6 is 0 Å². The highest BCUT2D eigenvalue weighted by molar-refractivity contribution is 7.90. The van der Waals surface area contributed by atoms with Gasteiger partial charge in [-0.15, -0.1) is 0 Å². The Bertz CT molecular complexity index is 1720. The number of rotatable bonds is 5. The van der Waals surface area contributed by atoms with Crippen molar-refractivity contribution in [1.29, 1.82) is 0 Å². The van der Waals surface area contributed by atoms with Crippen molar-refractivity contribution < 1.29 is 8.42 Å². The minimum Gasteiger partial charge on any atom is -0.369 e. The Morgan fingerprint density at radius 3 is 2.51 bits per heavy atom. The van der Waals surface area contributed by atoms with E-state index in [1.807, 2.05) is 18.2 Å². The Balaban J connectivity index is 1.32. The minimum atomic E-state index is -3.99. The molecular weight excluding hydrogens is 486 g/mol. The van der Waals surface area contributed by atoms with Crippen LogP contribution in [0.1, 0.15) is 5.56 Å². The van der Waals surface area contributed by atoms with Crippen LogP contribution in [-0.2, 0) is 10.0 Å². The summed E-state index contributed by atoms with van der Waals surface area (Å²) in [5, 5.41) is 8.91. The zero-order valence-electron chi connectivity index (χ0n) is 20.7. The highest BCUT2D eigenvalue weighted by atomic mass is 32.2. The lowest BCUT2D eigenvalue weighted by molar-refractivity contribution is 0.312. The van der Waals surface area contributed by atoms with Gasteiger partial charge in [0.2, 0.25) is 0 Å². The summed E-state index contributed by atoms with van der Waals surface area (Å²) in [7, 11) is -1.84. The molecule has 4 heterocycles. The van der Waals surface area contributed by atoms with Gasteiger partial charge in [-0.2, -0.15) is 17.6 Å². The molecule has 0 spiro atoms. The number of nitrogens with one attached hydrogen (secondary N) is 1. The maximum atomic E-state index is 13.7. The highest BCUT2D eigenvalue weighted by Crippen LogP contribution is 2.29. The number of pyridine rings is 2. The van der Waals surface area contributed by atoms with Crippen LogP contribution in [0.5, 0.6) is 0 Å². The SMILES string of the molecule is Cc1cc(Nc2cc3c(cn2)cnn3S(=O)(=O)c2cccc3cccnc23)ccc1N1CCN(C)CC1. The molecule has 188 valence electrons. The van der Waals surface area contributed by atoms with Gasteiger partial charge >= 0.3 is 0 Å². The number of likely N-dealkylation sites (N-methyl/N-ethyl adjacent to an activating group) is 1. The van der Waals surface area contributed by atoms with Crippen molar-refractivity contribution in [2.45, 2.75) is 11.8 Å². The molecule has 37 heavy (non-hydrogen) atoms. The van der Waals surface area contributed by atoms with Gasteiger partial charge in [-0.05, 0) is 49.9 Å². The number of aromatic nitrogens is 4. The Morgan fingerprint density at radius 1 is 0.892 bits per heavy atom. The van der Waals surface area contributed by atoms with Gasteiger partial charge in [-0.3, -0.25) is 4.98 Å². The molecule has 1 aliphatic rings. The van der Waals surface area contributed by atoms with E-state index in [2.05, 4.69) is 56.3 Å². The molecule has 0 amide bonds. The molecular formula is C27H27N7O2S. The molecule has 0 atom stereocenters. The second kappa shape index (κ2) is 9.13. The quantitative estimate of drug-likeness (QED) is 0.377. The van der Waals surface area contributed by atoms with E-state index in [0.29, 0.717) is 22.2 Å². The van der Waals surface area contributed by atoms with Gasteiger partial charge < -0.3 is 15.1 Å². The second-order valence-corrected chi connectivity index (χ2v) is 11.1. The summed E-state index contributed by atoms with van der Waals surface area (Å²) in [6.45, 7) is 6.22. The number of para-hydroxylation sites is 1. The third-order valence-electron chi connectivity index (χ3n) is 6.83. The lowest BCUT2D eigenvalue weighted by Crippen LogP contribution is -2.44. The monoisotopic (exact) mass is 513 g/mol. The van der Waals surface area contributed by atoms with Crippen molar-refractivity contribution in [3.8, 4) is 0 Å². The predicted molar refractivity (Wildman–Crippen MR) is 146 cm³/mol. The van der Waals surface area contributed by atoms with E-state index < -0.39 is 10.0 Å². The Hall–Kier alpha value is -4.02. The Labute approximate surface area is 215 Å². The average Bonchev–Trinajstić information content (AvgIpc) is 3.33. The first-order chi connectivity index (χ1) is 17.9. The van der Waals surface area contributed by atoms with E-state index >= 15 is 0 Å². The summed E-state index contributed by atoms with van der Waals surface area (Å²) >= 11 is 0. The van der Waals surface area contributed by atoms with E-state index in [1.165, 1.54) is 17.4 Å². The van der Waals surface area contributed by atoms with Crippen LogP contribution in [0, 0.1) is 6.92 Å². The average molecular weight is 514 g/mol. The number of piperazine rings is 1. The van der Waals surface area contributed by atoms with Crippen LogP contribution in [0.4, 0.5) is 17.2 Å². The number of fused-ring (bicyclic) bond motifs is 2. The smallest absolute Gasteiger partial charge is 0.285 e. The Kier molecular flexibility index (Phi) is 5.77. The molecule has 1 saturated heterocycles. The predicted octanol–water partition coefficient (Wildman–Crippen LogP) is 4.02. The van der Waals surface area contributed by atoms with Gasteiger partial charge in [-0.1, -0.05) is 18.2 Å². The molecule has 3 aromatic heterocycles. The first-order valence-electron chi connectivity index (χ1n) is 12.1. The van der Waals surface area contributed by atoms with Crippen molar-refractivity contribution in [3.05, 3.63) is 78.8 Å². The van der Waals surface area contributed by atoms with Crippen LogP contribution < -0.4 is 10.2 Å². The standard InChI is InChI=1S/C27H27N7O2S/c1-19-15-22(8-9-23(19)33-13-11-32(2)12-14-33)31-26-16-24-21(17-29-26)18-30-34(24)37(35,36)25-7-3-5-20-6-4-10-28-27(20)25/h3-10,15-18H,11-14H2,1-2H3,(H,29,31). The van der Waals surface area contributed by atoms with Crippen molar-refractivity contribution in [2.75, 3.05) is 43.4 Å². The molecule has 10 heteroatoms. The molecule has 5 aromatic rings. The number of hydrogen-bond donors (Lipinski definition) is 1. The Morgan fingerprint density at radius 2 is 1.70 bits per heavy atom. The number of benzene rings is 2. The van der Waals surface area contributed by atoms with Crippen LogP contribution in [0.15, 0.2) is 78.1 Å². The first kappa shape index (κ1) is 23.4. The fraction of sp³-hybridized carbons (Fsp3) is 0.222. The first-order valence-corrected chi connectivity index (χ1v) is 13.6. The summed E-state index contributed by atoms with van der Waals surface area (Å²) in [5.41, 5.74) is 4.14. The molecule has 0 bridgehead atoms. The van der Waals surface area contributed by atoms with E-state index in [9.17, 15) is 8.42 Å². The summed E-state index contributed by atoms with van der Waals surface area (Å²) in [6, 6.07) is 16.7. The number of anilines is 3. The third kappa shape index (κ3) is 4.28. The molecule has 1 fully saturated rings. The number of nitrogens with zero attached hydrogens (tertiary/aromatic N) is 6. The number of aryl methyl sites for hydroxylation is 1. The molecule has 1 aliphatic heterocycles. The summed E-state index contributed by atoms with van der Waals surface area (Å²) in [4.78, 5) is 13.7. The zero-order valence-corrected chi connectivity index (χ0v) is 21.5. The fourth-order valence-corrected chi connectivity index (χ4v) is 6.26. The molecule has 1 N–H and O–H groups in total. The van der Waals surface area contributed by atoms with Crippen LogP contribution in [0.3, 0.4) is 0 Å². The molecule has 0 saturated carbocycles. The maximum absolute atomic E-state index is 13.7. The summed E-state index contributed by atoms with van der Waals surface area (Å²) in [6.07, 6.45) is 4.73. The van der Waals surface area contributed by atoms with Crippen LogP contribution in [0.2, 0.25) is 0 Å². The minimum absolute atomic E-state index is 0.108. The molecule has 2 aromatic carbocycles. The van der Waals surface area contributed by atoms with E-state index in [0.717, 1.165) is 41.3 Å². The van der Waals surface area contributed by atoms with Gasteiger partial charge in [-0.25, -0.2) is 4.98 Å². The summed E-state index contributed by atoms with van der Waals surface area (Å²) < 4.78 is 28.4. The normalized spacial score (nSPS) is 14.9. The molecule has 6 rings (SSSR count).